The van der Waals surface area contributed by atoms with Crippen LogP contribution in [0.2, 0.25) is 0 Å². The molecule has 7 heteroatoms. The van der Waals surface area contributed by atoms with Gasteiger partial charge in [0.2, 0.25) is 5.78 Å². The van der Waals surface area contributed by atoms with Crippen LogP contribution in [0.25, 0.3) is 0 Å². The molecule has 0 radical (unpaired) electrons. The van der Waals surface area contributed by atoms with Crippen molar-refractivity contribution < 1.29 is 19.4 Å². The molecule has 0 aliphatic carbocycles. The van der Waals surface area contributed by atoms with Crippen molar-refractivity contribution in [3.8, 4) is 5.75 Å². The van der Waals surface area contributed by atoms with E-state index in [2.05, 4.69) is 4.98 Å². The molecule has 2 heterocycles. The van der Waals surface area contributed by atoms with Crippen LogP contribution in [0.3, 0.4) is 0 Å². The number of Topliss-reactive ketones (excluding diaryl/α,β-unsaturated/α-hetero) is 1. The summed E-state index contributed by atoms with van der Waals surface area (Å²) in [6.45, 7) is 9.85. The number of amides is 1. The van der Waals surface area contributed by atoms with Gasteiger partial charge >= 0.3 is 0 Å². The van der Waals surface area contributed by atoms with Gasteiger partial charge < -0.3 is 14.7 Å². The van der Waals surface area contributed by atoms with Gasteiger partial charge in [0.25, 0.3) is 5.91 Å². The summed E-state index contributed by atoms with van der Waals surface area (Å²) in [5.41, 5.74) is 1.45. The molecule has 1 N–H and O–H groups in total. The highest BCUT2D eigenvalue weighted by Crippen LogP contribution is 2.41. The molecule has 1 aliphatic heterocycles. The molecule has 0 fully saturated rings. The van der Waals surface area contributed by atoms with Crippen LogP contribution >= 0.6 is 11.3 Å². The van der Waals surface area contributed by atoms with Crippen molar-refractivity contribution >= 4 is 23.0 Å². The van der Waals surface area contributed by atoms with Crippen LogP contribution in [0.15, 0.2) is 35.6 Å². The van der Waals surface area contributed by atoms with Gasteiger partial charge in [0.05, 0.1) is 33.3 Å². The molecule has 1 unspecified atom stereocenters. The van der Waals surface area contributed by atoms with E-state index in [9.17, 15) is 14.7 Å². The molecule has 1 atom stereocenters. The van der Waals surface area contributed by atoms with Gasteiger partial charge in [-0.25, -0.2) is 4.98 Å². The summed E-state index contributed by atoms with van der Waals surface area (Å²) in [4.78, 5) is 32.5. The zero-order valence-corrected chi connectivity index (χ0v) is 18.2. The number of carbonyl (C=O) groups is 2. The number of ether oxygens (including phenoxy) is 1. The fraction of sp³-hybridized carbons (Fsp3) is 0.409. The van der Waals surface area contributed by atoms with Crippen molar-refractivity contribution in [2.75, 3.05) is 6.54 Å². The number of ketones is 1. The summed E-state index contributed by atoms with van der Waals surface area (Å²) >= 11 is 1.28. The summed E-state index contributed by atoms with van der Waals surface area (Å²) in [6.07, 6.45) is 0.702. The maximum atomic E-state index is 13.4. The van der Waals surface area contributed by atoms with Gasteiger partial charge in [-0.2, -0.15) is 0 Å². The Balaban J connectivity index is 2.10. The van der Waals surface area contributed by atoms with E-state index in [1.165, 1.54) is 11.3 Å². The van der Waals surface area contributed by atoms with Crippen LogP contribution in [-0.2, 0) is 4.79 Å². The van der Waals surface area contributed by atoms with Gasteiger partial charge in [0.15, 0.2) is 5.76 Å². The van der Waals surface area contributed by atoms with E-state index in [-0.39, 0.29) is 17.5 Å². The number of rotatable bonds is 7. The summed E-state index contributed by atoms with van der Waals surface area (Å²) < 4.78 is 5.79. The maximum absolute atomic E-state index is 13.4. The Morgan fingerprint density at radius 3 is 2.66 bits per heavy atom. The van der Waals surface area contributed by atoms with E-state index in [4.69, 9.17) is 4.74 Å². The lowest BCUT2D eigenvalue weighted by Crippen LogP contribution is -2.31. The van der Waals surface area contributed by atoms with Crippen LogP contribution in [0.4, 0.5) is 0 Å². The predicted octanol–water partition coefficient (Wildman–Crippen LogP) is 4.54. The lowest BCUT2D eigenvalue weighted by molar-refractivity contribution is -0.129. The normalized spacial score (nSPS) is 16.8. The summed E-state index contributed by atoms with van der Waals surface area (Å²) in [7, 11) is 0. The van der Waals surface area contributed by atoms with Crippen molar-refractivity contribution in [1.29, 1.82) is 0 Å². The van der Waals surface area contributed by atoms with Crippen LogP contribution in [0.1, 0.15) is 59.2 Å². The third-order valence-corrected chi connectivity index (χ3v) is 5.74. The van der Waals surface area contributed by atoms with Gasteiger partial charge in [-0.3, -0.25) is 9.59 Å². The highest BCUT2D eigenvalue weighted by molar-refractivity contribution is 7.14. The van der Waals surface area contributed by atoms with Crippen molar-refractivity contribution in [2.45, 2.75) is 53.2 Å². The molecule has 1 amide bonds. The second-order valence-electron chi connectivity index (χ2n) is 7.38. The number of aliphatic hydroxyl groups is 1. The van der Waals surface area contributed by atoms with Crippen molar-refractivity contribution in [2.24, 2.45) is 0 Å². The van der Waals surface area contributed by atoms with Crippen molar-refractivity contribution in [3.05, 3.63) is 56.7 Å². The number of thiazole rings is 1. The molecule has 154 valence electrons. The maximum Gasteiger partial charge on any atom is 0.290 e. The zero-order valence-electron chi connectivity index (χ0n) is 17.4. The van der Waals surface area contributed by atoms with E-state index in [1.807, 2.05) is 52.0 Å². The quantitative estimate of drug-likeness (QED) is 0.673. The lowest BCUT2D eigenvalue weighted by atomic mass is 9.95. The lowest BCUT2D eigenvalue weighted by Gasteiger charge is -2.26. The smallest absolute Gasteiger partial charge is 0.290 e. The Bertz CT molecular complexity index is 977. The number of benzene rings is 1. The first kappa shape index (κ1) is 21.0. The monoisotopic (exact) mass is 414 g/mol. The van der Waals surface area contributed by atoms with Gasteiger partial charge in [-0.05, 0) is 51.8 Å². The first-order chi connectivity index (χ1) is 13.7. The molecule has 0 bridgehead atoms. The van der Waals surface area contributed by atoms with Crippen molar-refractivity contribution in [3.63, 3.8) is 0 Å². The average molecular weight is 415 g/mol. The zero-order chi connectivity index (χ0) is 21.3. The summed E-state index contributed by atoms with van der Waals surface area (Å²) in [5.74, 6) is -0.689. The largest absolute Gasteiger partial charge is 0.503 e. The molecule has 3 rings (SSSR count). The number of aromatic nitrogens is 1. The standard InChI is InChI=1S/C22H26N2O4S/c1-6-10-24-18(15-8-7-9-16(11-15)28-12(2)3)17(20(26)22(24)27)19(25)21-13(4)23-14(5)29-21/h7-9,11-12,18,26H,6,10H2,1-5H3. The summed E-state index contributed by atoms with van der Waals surface area (Å²) in [5, 5.41) is 11.4. The van der Waals surface area contributed by atoms with Gasteiger partial charge in [0.1, 0.15) is 5.75 Å². The average Bonchev–Trinajstić information content (AvgIpc) is 3.12. The number of carbonyl (C=O) groups excluding carboxylic acids is 2. The Morgan fingerprint density at radius 2 is 2.07 bits per heavy atom. The van der Waals surface area contributed by atoms with Crippen LogP contribution in [-0.4, -0.2) is 39.3 Å². The topological polar surface area (TPSA) is 79.7 Å². The molecule has 29 heavy (non-hydrogen) atoms. The van der Waals surface area contributed by atoms with E-state index < -0.39 is 17.7 Å². The van der Waals surface area contributed by atoms with Crippen LogP contribution in [0.5, 0.6) is 5.75 Å². The minimum Gasteiger partial charge on any atom is -0.503 e. The molecule has 1 aromatic heterocycles. The van der Waals surface area contributed by atoms with Gasteiger partial charge in [-0.1, -0.05) is 19.1 Å². The SMILES string of the molecule is CCCN1C(=O)C(O)=C(C(=O)c2sc(C)nc2C)C1c1cccc(OC(C)C)c1. The Kier molecular flexibility index (Phi) is 6.07. The first-order valence-corrected chi connectivity index (χ1v) is 10.6. The van der Waals surface area contributed by atoms with Crippen molar-refractivity contribution in [1.82, 2.24) is 9.88 Å². The highest BCUT2D eigenvalue weighted by atomic mass is 32.1. The van der Waals surface area contributed by atoms with E-state index in [0.717, 1.165) is 10.6 Å². The van der Waals surface area contributed by atoms with Gasteiger partial charge in [-0.15, -0.1) is 11.3 Å². The second kappa shape index (κ2) is 8.37. The molecular formula is C22H26N2O4S. The number of hydrogen-bond acceptors (Lipinski definition) is 6. The number of nitrogens with zero attached hydrogens (tertiary/aromatic N) is 2. The Hall–Kier alpha value is -2.67. The van der Waals surface area contributed by atoms with Crippen LogP contribution in [0, 0.1) is 13.8 Å². The minimum atomic E-state index is -0.660. The Morgan fingerprint density at radius 1 is 1.34 bits per heavy atom. The second-order valence-corrected chi connectivity index (χ2v) is 8.58. The molecule has 0 saturated heterocycles. The molecule has 1 aromatic carbocycles. The van der Waals surface area contributed by atoms with E-state index in [1.54, 1.807) is 11.8 Å². The Labute approximate surface area is 174 Å². The fourth-order valence-electron chi connectivity index (χ4n) is 3.60. The first-order valence-electron chi connectivity index (χ1n) is 9.74. The van der Waals surface area contributed by atoms with E-state index >= 15 is 0 Å². The fourth-order valence-corrected chi connectivity index (χ4v) is 4.47. The minimum absolute atomic E-state index is 0.00456. The van der Waals surface area contributed by atoms with Gasteiger partial charge in [0, 0.05) is 6.54 Å². The molecule has 0 saturated carbocycles. The van der Waals surface area contributed by atoms with E-state index in [0.29, 0.717) is 29.3 Å². The third kappa shape index (κ3) is 4.05. The highest BCUT2D eigenvalue weighted by Gasteiger charge is 2.44. The number of hydrogen-bond donors (Lipinski definition) is 1. The molecule has 6 nitrogen and oxygen atoms in total. The third-order valence-electron chi connectivity index (χ3n) is 4.67. The molecular weight excluding hydrogens is 388 g/mol. The summed E-state index contributed by atoms with van der Waals surface area (Å²) in [6, 6.07) is 6.70. The number of aryl methyl sites for hydroxylation is 2. The molecule has 1 aliphatic rings. The van der Waals surface area contributed by atoms with Crippen LogP contribution < -0.4 is 4.74 Å². The number of aliphatic hydroxyl groups excluding tert-OH is 1. The molecule has 0 spiro atoms. The molecule has 2 aromatic rings. The predicted molar refractivity (Wildman–Crippen MR) is 113 cm³/mol.